The summed E-state index contributed by atoms with van der Waals surface area (Å²) in [6.07, 6.45) is 7.63. The lowest BCUT2D eigenvalue weighted by Gasteiger charge is -2.29. The zero-order valence-electron chi connectivity index (χ0n) is 11.2. The van der Waals surface area contributed by atoms with E-state index in [0.29, 0.717) is 0 Å². The van der Waals surface area contributed by atoms with Crippen molar-refractivity contribution in [3.05, 3.63) is 65.5 Å². The monoisotopic (exact) mass is 254 g/mol. The summed E-state index contributed by atoms with van der Waals surface area (Å²) < 4.78 is 0. The number of nitrogens with zero attached hydrogens (tertiary/aromatic N) is 1. The lowest BCUT2D eigenvalue weighted by Crippen LogP contribution is -2.39. The van der Waals surface area contributed by atoms with Crippen LogP contribution in [0.25, 0.3) is 5.70 Å². The summed E-state index contributed by atoms with van der Waals surface area (Å²) >= 11 is 0. The molecule has 0 saturated carbocycles. The molecule has 2 unspecified atom stereocenters. The fraction of sp³-hybridized carbons (Fsp3) is 0.250. The molecule has 0 saturated heterocycles. The van der Waals surface area contributed by atoms with Crippen molar-refractivity contribution < 1.29 is 5.11 Å². The summed E-state index contributed by atoms with van der Waals surface area (Å²) in [5.41, 5.74) is 4.49. The van der Waals surface area contributed by atoms with Crippen LogP contribution in [0.3, 0.4) is 0 Å². The van der Waals surface area contributed by atoms with Crippen LogP contribution in [0.2, 0.25) is 0 Å². The molecule has 0 radical (unpaired) electrons. The Morgan fingerprint density at radius 1 is 1.26 bits per heavy atom. The van der Waals surface area contributed by atoms with Gasteiger partial charge in [0, 0.05) is 18.0 Å². The SMILES string of the molecule is Cc1ccc(C2=CN3C=CC=C(C(C)O)C3N2)cc1. The van der Waals surface area contributed by atoms with Crippen LogP contribution in [0.1, 0.15) is 18.1 Å². The Morgan fingerprint density at radius 3 is 2.68 bits per heavy atom. The van der Waals surface area contributed by atoms with Crippen molar-refractivity contribution in [2.45, 2.75) is 26.1 Å². The molecule has 1 aromatic rings. The van der Waals surface area contributed by atoms with E-state index in [1.54, 1.807) is 6.92 Å². The molecule has 2 N–H and O–H groups in total. The van der Waals surface area contributed by atoms with Crippen LogP contribution < -0.4 is 5.32 Å². The van der Waals surface area contributed by atoms with E-state index in [9.17, 15) is 5.11 Å². The number of hydrogen-bond donors (Lipinski definition) is 2. The van der Waals surface area contributed by atoms with Gasteiger partial charge < -0.3 is 15.3 Å². The van der Waals surface area contributed by atoms with E-state index in [1.165, 1.54) is 11.1 Å². The molecule has 2 atom stereocenters. The Labute approximate surface area is 113 Å². The van der Waals surface area contributed by atoms with Crippen molar-refractivity contribution >= 4 is 5.70 Å². The fourth-order valence-corrected chi connectivity index (χ4v) is 2.47. The number of hydrogen-bond acceptors (Lipinski definition) is 3. The molecule has 0 spiro atoms. The highest BCUT2D eigenvalue weighted by Gasteiger charge is 2.29. The zero-order valence-corrected chi connectivity index (χ0v) is 11.2. The van der Waals surface area contributed by atoms with Gasteiger partial charge in [-0.25, -0.2) is 0 Å². The minimum atomic E-state index is -0.448. The molecule has 2 heterocycles. The standard InChI is InChI=1S/C16H18N2O/c1-11-5-7-13(8-6-11)15-10-18-9-3-4-14(12(2)19)16(18)17-15/h3-10,12,16-17,19H,1-2H3. The summed E-state index contributed by atoms with van der Waals surface area (Å²) in [5, 5.41) is 13.3. The van der Waals surface area contributed by atoms with Crippen LogP contribution in [-0.4, -0.2) is 22.3 Å². The van der Waals surface area contributed by atoms with E-state index in [4.69, 9.17) is 0 Å². The van der Waals surface area contributed by atoms with Crippen LogP contribution in [0, 0.1) is 6.92 Å². The highest BCUT2D eigenvalue weighted by molar-refractivity contribution is 5.67. The van der Waals surface area contributed by atoms with Gasteiger partial charge >= 0.3 is 0 Å². The largest absolute Gasteiger partial charge is 0.389 e. The zero-order chi connectivity index (χ0) is 13.4. The molecule has 2 aliphatic rings. The molecular formula is C16H18N2O. The Bertz CT molecular complexity index is 567. The smallest absolute Gasteiger partial charge is 0.128 e. The van der Waals surface area contributed by atoms with Gasteiger partial charge in [-0.1, -0.05) is 35.9 Å². The predicted molar refractivity (Wildman–Crippen MR) is 76.8 cm³/mol. The van der Waals surface area contributed by atoms with Crippen LogP contribution in [-0.2, 0) is 0 Å². The first-order chi connectivity index (χ1) is 9.15. The maximum atomic E-state index is 9.83. The fourth-order valence-electron chi connectivity index (χ4n) is 2.47. The first-order valence-corrected chi connectivity index (χ1v) is 6.54. The quantitative estimate of drug-likeness (QED) is 0.850. The molecule has 0 amide bonds. The predicted octanol–water partition coefficient (Wildman–Crippen LogP) is 2.36. The number of benzene rings is 1. The van der Waals surface area contributed by atoms with Gasteiger partial charge in [0.1, 0.15) is 6.17 Å². The van der Waals surface area contributed by atoms with Gasteiger partial charge in [0.25, 0.3) is 0 Å². The van der Waals surface area contributed by atoms with Gasteiger partial charge in [-0.15, -0.1) is 0 Å². The van der Waals surface area contributed by atoms with Gasteiger partial charge in [-0.3, -0.25) is 0 Å². The third-order valence-corrected chi connectivity index (χ3v) is 3.58. The number of nitrogens with one attached hydrogen (secondary N) is 1. The normalized spacial score (nSPS) is 22.5. The highest BCUT2D eigenvalue weighted by Crippen LogP contribution is 2.28. The van der Waals surface area contributed by atoms with Crippen molar-refractivity contribution in [2.24, 2.45) is 0 Å². The minimum absolute atomic E-state index is 0.0290. The molecule has 1 aromatic carbocycles. The number of rotatable bonds is 2. The number of fused-ring (bicyclic) bond motifs is 1. The molecule has 19 heavy (non-hydrogen) atoms. The van der Waals surface area contributed by atoms with E-state index >= 15 is 0 Å². The van der Waals surface area contributed by atoms with Crippen LogP contribution in [0.15, 0.2) is 54.4 Å². The van der Waals surface area contributed by atoms with Crippen molar-refractivity contribution in [3.63, 3.8) is 0 Å². The van der Waals surface area contributed by atoms with Crippen molar-refractivity contribution in [1.29, 1.82) is 0 Å². The Morgan fingerprint density at radius 2 is 2.00 bits per heavy atom. The number of aryl methyl sites for hydroxylation is 1. The van der Waals surface area contributed by atoms with E-state index in [-0.39, 0.29) is 6.17 Å². The molecule has 0 aromatic heterocycles. The molecule has 3 nitrogen and oxygen atoms in total. The van der Waals surface area contributed by atoms with Gasteiger partial charge in [0.05, 0.1) is 11.8 Å². The van der Waals surface area contributed by atoms with Gasteiger partial charge in [-0.2, -0.15) is 0 Å². The van der Waals surface area contributed by atoms with Crippen molar-refractivity contribution in [1.82, 2.24) is 10.2 Å². The third-order valence-electron chi connectivity index (χ3n) is 3.58. The summed E-state index contributed by atoms with van der Waals surface area (Å²) in [7, 11) is 0. The summed E-state index contributed by atoms with van der Waals surface area (Å²) in [6.45, 7) is 3.88. The number of aliphatic hydroxyl groups is 1. The Kier molecular flexibility index (Phi) is 2.91. The van der Waals surface area contributed by atoms with E-state index in [1.807, 2.05) is 18.4 Å². The lowest BCUT2D eigenvalue weighted by atomic mass is 10.1. The summed E-state index contributed by atoms with van der Waals surface area (Å²) in [4.78, 5) is 2.09. The number of aliphatic hydroxyl groups excluding tert-OH is 1. The second kappa shape index (κ2) is 4.59. The van der Waals surface area contributed by atoms with E-state index in [0.717, 1.165) is 11.3 Å². The van der Waals surface area contributed by atoms with Crippen molar-refractivity contribution in [2.75, 3.05) is 0 Å². The molecule has 3 rings (SSSR count). The van der Waals surface area contributed by atoms with Gasteiger partial charge in [0.15, 0.2) is 0 Å². The number of allylic oxidation sites excluding steroid dienone is 2. The first kappa shape index (κ1) is 12.1. The molecule has 0 fully saturated rings. The van der Waals surface area contributed by atoms with Crippen molar-refractivity contribution in [3.8, 4) is 0 Å². The second-order valence-electron chi connectivity index (χ2n) is 5.09. The van der Waals surface area contributed by atoms with E-state index in [2.05, 4.69) is 47.6 Å². The highest BCUT2D eigenvalue weighted by atomic mass is 16.3. The van der Waals surface area contributed by atoms with Crippen LogP contribution >= 0.6 is 0 Å². The Balaban J connectivity index is 1.87. The van der Waals surface area contributed by atoms with E-state index < -0.39 is 6.10 Å². The Hall–Kier alpha value is -2.00. The summed E-state index contributed by atoms with van der Waals surface area (Å²) in [6, 6.07) is 8.44. The second-order valence-corrected chi connectivity index (χ2v) is 5.09. The van der Waals surface area contributed by atoms with Crippen LogP contribution in [0.4, 0.5) is 0 Å². The topological polar surface area (TPSA) is 35.5 Å². The molecule has 3 heteroatoms. The van der Waals surface area contributed by atoms with Gasteiger partial charge in [-0.05, 0) is 25.5 Å². The third kappa shape index (κ3) is 2.17. The summed E-state index contributed by atoms with van der Waals surface area (Å²) in [5.74, 6) is 0. The molecular weight excluding hydrogens is 236 g/mol. The maximum absolute atomic E-state index is 9.83. The minimum Gasteiger partial charge on any atom is -0.389 e. The van der Waals surface area contributed by atoms with Gasteiger partial charge in [0.2, 0.25) is 0 Å². The lowest BCUT2D eigenvalue weighted by molar-refractivity contribution is 0.206. The molecule has 0 bridgehead atoms. The maximum Gasteiger partial charge on any atom is 0.128 e. The average Bonchev–Trinajstić information content (AvgIpc) is 2.82. The first-order valence-electron chi connectivity index (χ1n) is 6.54. The molecule has 2 aliphatic heterocycles. The molecule has 0 aliphatic carbocycles. The molecule has 98 valence electrons. The average molecular weight is 254 g/mol. The van der Waals surface area contributed by atoms with Crippen LogP contribution in [0.5, 0.6) is 0 Å².